The van der Waals surface area contributed by atoms with Crippen molar-refractivity contribution >= 4 is 27.0 Å². The molecule has 0 amide bonds. The monoisotopic (exact) mass is 342 g/mol. The van der Waals surface area contributed by atoms with E-state index in [-0.39, 0.29) is 5.41 Å². The Morgan fingerprint density at radius 2 is 1.71 bits per heavy atom. The lowest BCUT2D eigenvalue weighted by Crippen LogP contribution is -2.10. The second-order valence-corrected chi connectivity index (χ2v) is 7.41. The molecule has 1 aromatic heterocycles. The molecule has 2 aromatic carbocycles. The first-order valence-electron chi connectivity index (χ1n) is 7.11. The number of nitrogens with one attached hydrogen (secondary N) is 1. The fraction of sp³-hybridized carbons (Fsp3) is 0.278. The van der Waals surface area contributed by atoms with Crippen LogP contribution in [0.25, 0.3) is 22.4 Å². The Balaban J connectivity index is 2.06. The molecule has 3 heteroatoms. The van der Waals surface area contributed by atoms with E-state index in [1.54, 1.807) is 0 Å². The lowest BCUT2D eigenvalue weighted by atomic mass is 9.87. The predicted octanol–water partition coefficient (Wildman–Crippen LogP) is 5.60. The van der Waals surface area contributed by atoms with Crippen molar-refractivity contribution in [3.05, 3.63) is 52.0 Å². The lowest BCUT2D eigenvalue weighted by Gasteiger charge is -2.18. The average Bonchev–Trinajstić information content (AvgIpc) is 2.82. The van der Waals surface area contributed by atoms with Gasteiger partial charge in [0.25, 0.3) is 0 Å². The Bertz CT molecular complexity index is 792. The number of hydrogen-bond acceptors (Lipinski definition) is 1. The van der Waals surface area contributed by atoms with Crippen molar-refractivity contribution in [2.45, 2.75) is 33.1 Å². The van der Waals surface area contributed by atoms with Gasteiger partial charge in [-0.05, 0) is 51.5 Å². The molecule has 21 heavy (non-hydrogen) atoms. The molecule has 0 atom stereocenters. The Hall–Kier alpha value is -1.61. The molecule has 3 rings (SSSR count). The molecular formula is C18H19BrN2. The summed E-state index contributed by atoms with van der Waals surface area (Å²) in [5.41, 5.74) is 5.88. The first-order valence-corrected chi connectivity index (χ1v) is 7.91. The van der Waals surface area contributed by atoms with E-state index in [4.69, 9.17) is 4.98 Å². The lowest BCUT2D eigenvalue weighted by molar-refractivity contribution is 0.590. The summed E-state index contributed by atoms with van der Waals surface area (Å²) in [5, 5.41) is 0. The Labute approximate surface area is 133 Å². The number of benzene rings is 2. The zero-order valence-corrected chi connectivity index (χ0v) is 14.4. The van der Waals surface area contributed by atoms with Crippen molar-refractivity contribution in [1.29, 1.82) is 0 Å². The van der Waals surface area contributed by atoms with Crippen LogP contribution in [-0.4, -0.2) is 9.97 Å². The molecule has 0 unspecified atom stereocenters. The maximum atomic E-state index is 4.71. The third-order valence-electron chi connectivity index (χ3n) is 3.71. The van der Waals surface area contributed by atoms with Gasteiger partial charge < -0.3 is 4.98 Å². The van der Waals surface area contributed by atoms with Crippen molar-refractivity contribution in [3.63, 3.8) is 0 Å². The van der Waals surface area contributed by atoms with Crippen LogP contribution < -0.4 is 0 Å². The van der Waals surface area contributed by atoms with Crippen LogP contribution in [0.3, 0.4) is 0 Å². The topological polar surface area (TPSA) is 28.7 Å². The molecule has 1 N–H and O–H groups in total. The van der Waals surface area contributed by atoms with Gasteiger partial charge in [-0.3, -0.25) is 0 Å². The van der Waals surface area contributed by atoms with Gasteiger partial charge in [-0.1, -0.05) is 45.0 Å². The smallest absolute Gasteiger partial charge is 0.138 e. The number of fused-ring (bicyclic) bond motifs is 1. The van der Waals surface area contributed by atoms with Gasteiger partial charge in [0.1, 0.15) is 11.3 Å². The van der Waals surface area contributed by atoms with Crippen molar-refractivity contribution in [2.75, 3.05) is 0 Å². The van der Waals surface area contributed by atoms with Gasteiger partial charge in [0.15, 0.2) is 0 Å². The normalized spacial score (nSPS) is 12.0. The minimum atomic E-state index is 0.173. The predicted molar refractivity (Wildman–Crippen MR) is 92.7 cm³/mol. The van der Waals surface area contributed by atoms with Crippen molar-refractivity contribution < 1.29 is 0 Å². The molecule has 0 saturated heterocycles. The van der Waals surface area contributed by atoms with E-state index in [2.05, 4.69) is 85.0 Å². The van der Waals surface area contributed by atoms with E-state index in [9.17, 15) is 0 Å². The minimum absolute atomic E-state index is 0.173. The summed E-state index contributed by atoms with van der Waals surface area (Å²) >= 11 is 3.59. The van der Waals surface area contributed by atoms with Gasteiger partial charge in [0, 0.05) is 10.0 Å². The quantitative estimate of drug-likeness (QED) is 0.612. The van der Waals surface area contributed by atoms with Crippen LogP contribution in [0.1, 0.15) is 31.9 Å². The molecule has 3 aromatic rings. The zero-order valence-electron chi connectivity index (χ0n) is 12.8. The molecule has 1 heterocycles. The number of imidazole rings is 1. The maximum Gasteiger partial charge on any atom is 0.138 e. The largest absolute Gasteiger partial charge is 0.338 e. The van der Waals surface area contributed by atoms with Gasteiger partial charge in [0.2, 0.25) is 0 Å². The van der Waals surface area contributed by atoms with Crippen LogP contribution in [0.4, 0.5) is 0 Å². The van der Waals surface area contributed by atoms with Gasteiger partial charge in [0.05, 0.1) is 5.52 Å². The van der Waals surface area contributed by atoms with Gasteiger partial charge in [-0.2, -0.15) is 0 Å². The SMILES string of the molecule is Cc1cc(Br)c2nc(-c3ccc(C(C)(C)C)cc3)[nH]c2c1. The number of aryl methyl sites for hydroxylation is 1. The number of aromatic amines is 1. The van der Waals surface area contributed by atoms with Gasteiger partial charge >= 0.3 is 0 Å². The van der Waals surface area contributed by atoms with Crippen molar-refractivity contribution in [2.24, 2.45) is 0 Å². The molecule has 0 aliphatic carbocycles. The fourth-order valence-corrected chi connectivity index (χ4v) is 3.14. The molecule has 2 nitrogen and oxygen atoms in total. The molecular weight excluding hydrogens is 324 g/mol. The average molecular weight is 343 g/mol. The highest BCUT2D eigenvalue weighted by molar-refractivity contribution is 9.10. The molecule has 108 valence electrons. The van der Waals surface area contributed by atoms with Crippen LogP contribution in [0.5, 0.6) is 0 Å². The number of H-pyrrole nitrogens is 1. The van der Waals surface area contributed by atoms with E-state index >= 15 is 0 Å². The summed E-state index contributed by atoms with van der Waals surface area (Å²) in [5.74, 6) is 0.914. The van der Waals surface area contributed by atoms with Crippen LogP contribution >= 0.6 is 15.9 Å². The molecule has 0 fully saturated rings. The van der Waals surface area contributed by atoms with Crippen LogP contribution in [0.15, 0.2) is 40.9 Å². The number of aromatic nitrogens is 2. The summed E-state index contributed by atoms with van der Waals surface area (Å²) in [6.07, 6.45) is 0. The number of nitrogens with zero attached hydrogens (tertiary/aromatic N) is 1. The van der Waals surface area contributed by atoms with Crippen molar-refractivity contribution in [3.8, 4) is 11.4 Å². The third-order valence-corrected chi connectivity index (χ3v) is 4.31. The molecule has 0 aliphatic rings. The van der Waals surface area contributed by atoms with E-state index < -0.39 is 0 Å². The van der Waals surface area contributed by atoms with Crippen LogP contribution in [-0.2, 0) is 5.41 Å². The number of halogens is 1. The first-order chi connectivity index (χ1) is 9.84. The summed E-state index contributed by atoms with van der Waals surface area (Å²) in [7, 11) is 0. The van der Waals surface area contributed by atoms with Gasteiger partial charge in [-0.25, -0.2) is 4.98 Å². The van der Waals surface area contributed by atoms with Crippen LogP contribution in [0.2, 0.25) is 0 Å². The summed E-state index contributed by atoms with van der Waals surface area (Å²) in [4.78, 5) is 8.12. The minimum Gasteiger partial charge on any atom is -0.338 e. The van der Waals surface area contributed by atoms with E-state index in [1.807, 2.05) is 0 Å². The Kier molecular flexibility index (Phi) is 3.40. The third kappa shape index (κ3) is 2.75. The molecule has 0 bridgehead atoms. The summed E-state index contributed by atoms with van der Waals surface area (Å²) in [6, 6.07) is 12.9. The second-order valence-electron chi connectivity index (χ2n) is 6.56. The highest BCUT2D eigenvalue weighted by Crippen LogP contribution is 2.29. The standard InChI is InChI=1S/C18H19BrN2/c1-11-9-14(19)16-15(10-11)20-17(21-16)12-5-7-13(8-6-12)18(2,3)4/h5-10H,1-4H3,(H,20,21). The van der Waals surface area contributed by atoms with Crippen molar-refractivity contribution in [1.82, 2.24) is 9.97 Å². The fourth-order valence-electron chi connectivity index (χ4n) is 2.48. The highest BCUT2D eigenvalue weighted by Gasteiger charge is 2.14. The highest BCUT2D eigenvalue weighted by atomic mass is 79.9. The molecule has 0 saturated carbocycles. The molecule has 0 radical (unpaired) electrons. The van der Waals surface area contributed by atoms with Gasteiger partial charge in [-0.15, -0.1) is 0 Å². The number of hydrogen-bond donors (Lipinski definition) is 1. The van der Waals surface area contributed by atoms with E-state index in [0.717, 1.165) is 26.9 Å². The Morgan fingerprint density at radius 3 is 2.33 bits per heavy atom. The second kappa shape index (κ2) is 4.99. The summed E-state index contributed by atoms with van der Waals surface area (Å²) < 4.78 is 1.03. The molecule has 0 aliphatic heterocycles. The van der Waals surface area contributed by atoms with E-state index in [0.29, 0.717) is 0 Å². The summed E-state index contributed by atoms with van der Waals surface area (Å²) in [6.45, 7) is 8.76. The first kappa shape index (κ1) is 14.3. The van der Waals surface area contributed by atoms with Crippen LogP contribution in [0, 0.1) is 6.92 Å². The Morgan fingerprint density at radius 1 is 1.05 bits per heavy atom. The maximum absolute atomic E-state index is 4.71. The number of rotatable bonds is 1. The zero-order chi connectivity index (χ0) is 15.2. The molecule has 0 spiro atoms. The van der Waals surface area contributed by atoms with E-state index in [1.165, 1.54) is 11.1 Å².